The molecule has 1 unspecified atom stereocenters. The monoisotopic (exact) mass is 221 g/mol. The Morgan fingerprint density at radius 1 is 1.56 bits per heavy atom. The molecule has 1 fully saturated rings. The van der Waals surface area contributed by atoms with Gasteiger partial charge in [0.15, 0.2) is 0 Å². The Balaban J connectivity index is 2.29. The van der Waals surface area contributed by atoms with Gasteiger partial charge in [0.05, 0.1) is 4.92 Å². The first-order valence-electron chi connectivity index (χ1n) is 5.33. The molecule has 86 valence electrons. The smallest absolute Gasteiger partial charge is 0.274 e. The van der Waals surface area contributed by atoms with Gasteiger partial charge in [-0.3, -0.25) is 10.1 Å². The van der Waals surface area contributed by atoms with Crippen LogP contribution in [-0.2, 0) is 0 Å². The molecular weight excluding hydrogens is 206 g/mol. The molecule has 0 bridgehead atoms. The molecular formula is C11H15N3O2. The molecule has 0 aromatic heterocycles. The molecule has 1 aliphatic heterocycles. The van der Waals surface area contributed by atoms with E-state index in [2.05, 4.69) is 4.90 Å². The second kappa shape index (κ2) is 4.09. The predicted octanol–water partition coefficient (Wildman–Crippen LogP) is 1.44. The van der Waals surface area contributed by atoms with Crippen molar-refractivity contribution in [1.82, 2.24) is 0 Å². The summed E-state index contributed by atoms with van der Waals surface area (Å²) >= 11 is 0. The van der Waals surface area contributed by atoms with Gasteiger partial charge in [0.2, 0.25) is 0 Å². The molecule has 5 nitrogen and oxygen atoms in total. The molecule has 1 heterocycles. The Hall–Kier alpha value is -1.62. The maximum absolute atomic E-state index is 10.8. The number of rotatable bonds is 2. The summed E-state index contributed by atoms with van der Waals surface area (Å²) in [5.74, 6) is 0. The van der Waals surface area contributed by atoms with Gasteiger partial charge in [-0.1, -0.05) is 6.07 Å². The Labute approximate surface area is 94.0 Å². The lowest BCUT2D eigenvalue weighted by molar-refractivity contribution is -0.385. The lowest BCUT2D eigenvalue weighted by atomic mass is 10.2. The molecule has 16 heavy (non-hydrogen) atoms. The van der Waals surface area contributed by atoms with Crippen LogP contribution in [0.5, 0.6) is 0 Å². The summed E-state index contributed by atoms with van der Waals surface area (Å²) in [6, 6.07) is 5.52. The van der Waals surface area contributed by atoms with Gasteiger partial charge in [-0.05, 0) is 19.4 Å². The topological polar surface area (TPSA) is 72.4 Å². The molecule has 1 atom stereocenters. The van der Waals surface area contributed by atoms with E-state index in [9.17, 15) is 10.1 Å². The fourth-order valence-electron chi connectivity index (χ4n) is 2.01. The highest BCUT2D eigenvalue weighted by molar-refractivity contribution is 5.57. The minimum absolute atomic E-state index is 0.179. The number of benzene rings is 1. The van der Waals surface area contributed by atoms with Gasteiger partial charge in [-0.15, -0.1) is 0 Å². The van der Waals surface area contributed by atoms with E-state index < -0.39 is 0 Å². The Morgan fingerprint density at radius 3 is 2.88 bits per heavy atom. The summed E-state index contributed by atoms with van der Waals surface area (Å²) in [4.78, 5) is 12.6. The van der Waals surface area contributed by atoms with E-state index in [1.807, 2.05) is 6.07 Å². The summed E-state index contributed by atoms with van der Waals surface area (Å²) in [7, 11) is 0. The first kappa shape index (κ1) is 10.9. The minimum atomic E-state index is -0.338. The normalized spacial score (nSPS) is 20.1. The van der Waals surface area contributed by atoms with Gasteiger partial charge in [0.1, 0.15) is 0 Å². The standard InChI is InChI=1S/C11H15N3O2/c1-8-2-3-10(6-11(8)14(15)16)13-5-4-9(12)7-13/h2-3,6,9H,4-5,7,12H2,1H3. The number of nitro groups is 1. The van der Waals surface area contributed by atoms with E-state index in [1.165, 1.54) is 0 Å². The van der Waals surface area contributed by atoms with Crippen LogP contribution >= 0.6 is 0 Å². The number of nitrogens with zero attached hydrogens (tertiary/aromatic N) is 2. The zero-order valence-corrected chi connectivity index (χ0v) is 9.22. The first-order chi connectivity index (χ1) is 7.58. The van der Waals surface area contributed by atoms with Crippen LogP contribution in [0.3, 0.4) is 0 Å². The Kier molecular flexibility index (Phi) is 2.78. The number of hydrogen-bond donors (Lipinski definition) is 1. The van der Waals surface area contributed by atoms with Gasteiger partial charge in [0.25, 0.3) is 5.69 Å². The van der Waals surface area contributed by atoms with E-state index >= 15 is 0 Å². The third-order valence-electron chi connectivity index (χ3n) is 2.98. The fourth-order valence-corrected chi connectivity index (χ4v) is 2.01. The van der Waals surface area contributed by atoms with Crippen molar-refractivity contribution in [3.63, 3.8) is 0 Å². The molecule has 2 N–H and O–H groups in total. The lowest BCUT2D eigenvalue weighted by Gasteiger charge is -2.17. The summed E-state index contributed by atoms with van der Waals surface area (Å²) < 4.78 is 0. The van der Waals surface area contributed by atoms with Crippen molar-refractivity contribution >= 4 is 11.4 Å². The van der Waals surface area contributed by atoms with E-state index in [0.29, 0.717) is 5.56 Å². The van der Waals surface area contributed by atoms with Crippen LogP contribution in [0.15, 0.2) is 18.2 Å². The number of hydrogen-bond acceptors (Lipinski definition) is 4. The Bertz CT molecular complexity index is 420. The third-order valence-corrected chi connectivity index (χ3v) is 2.98. The second-order valence-electron chi connectivity index (χ2n) is 4.22. The molecule has 0 radical (unpaired) electrons. The van der Waals surface area contributed by atoms with Crippen molar-refractivity contribution in [2.24, 2.45) is 5.73 Å². The average molecular weight is 221 g/mol. The molecule has 1 aromatic carbocycles. The SMILES string of the molecule is Cc1ccc(N2CCC(N)C2)cc1[N+](=O)[O-]. The number of nitro benzene ring substituents is 1. The van der Waals surface area contributed by atoms with Gasteiger partial charge >= 0.3 is 0 Å². The van der Waals surface area contributed by atoms with Crippen molar-refractivity contribution < 1.29 is 4.92 Å². The van der Waals surface area contributed by atoms with E-state index in [4.69, 9.17) is 5.73 Å². The van der Waals surface area contributed by atoms with Crippen LogP contribution < -0.4 is 10.6 Å². The predicted molar refractivity (Wildman–Crippen MR) is 62.6 cm³/mol. The highest BCUT2D eigenvalue weighted by Gasteiger charge is 2.21. The number of nitrogens with two attached hydrogens (primary N) is 1. The summed E-state index contributed by atoms with van der Waals surface area (Å²) in [5, 5.41) is 10.8. The van der Waals surface area contributed by atoms with Crippen molar-refractivity contribution in [2.75, 3.05) is 18.0 Å². The summed E-state index contributed by atoms with van der Waals surface area (Å²) in [6.45, 7) is 3.40. The van der Waals surface area contributed by atoms with Crippen LogP contribution in [0.4, 0.5) is 11.4 Å². The molecule has 0 spiro atoms. The molecule has 5 heteroatoms. The highest BCUT2D eigenvalue weighted by Crippen LogP contribution is 2.27. The molecule has 0 amide bonds. The maximum Gasteiger partial charge on any atom is 0.274 e. The number of aryl methyl sites for hydroxylation is 1. The molecule has 1 aromatic rings. The van der Waals surface area contributed by atoms with E-state index in [1.54, 1.807) is 19.1 Å². The van der Waals surface area contributed by atoms with Gasteiger partial charge < -0.3 is 10.6 Å². The first-order valence-corrected chi connectivity index (χ1v) is 5.33. The van der Waals surface area contributed by atoms with E-state index in [0.717, 1.165) is 25.2 Å². The van der Waals surface area contributed by atoms with Crippen LogP contribution in [0.25, 0.3) is 0 Å². The van der Waals surface area contributed by atoms with Gasteiger partial charge in [-0.2, -0.15) is 0 Å². The minimum Gasteiger partial charge on any atom is -0.370 e. The highest BCUT2D eigenvalue weighted by atomic mass is 16.6. The van der Waals surface area contributed by atoms with Gasteiger partial charge in [-0.25, -0.2) is 0 Å². The van der Waals surface area contributed by atoms with Crippen LogP contribution in [-0.4, -0.2) is 24.1 Å². The third kappa shape index (κ3) is 1.99. The van der Waals surface area contributed by atoms with Crippen molar-refractivity contribution in [2.45, 2.75) is 19.4 Å². The lowest BCUT2D eigenvalue weighted by Crippen LogP contribution is -2.26. The van der Waals surface area contributed by atoms with Crippen molar-refractivity contribution in [3.8, 4) is 0 Å². The fraction of sp³-hybridized carbons (Fsp3) is 0.455. The summed E-state index contributed by atoms with van der Waals surface area (Å²) in [6.07, 6.45) is 0.946. The Morgan fingerprint density at radius 2 is 2.31 bits per heavy atom. The molecule has 0 aliphatic carbocycles. The van der Waals surface area contributed by atoms with Crippen molar-refractivity contribution in [3.05, 3.63) is 33.9 Å². The quantitative estimate of drug-likeness (QED) is 0.606. The molecule has 1 aliphatic rings. The average Bonchev–Trinajstić information content (AvgIpc) is 2.65. The zero-order chi connectivity index (χ0) is 11.7. The van der Waals surface area contributed by atoms with E-state index in [-0.39, 0.29) is 16.7 Å². The second-order valence-corrected chi connectivity index (χ2v) is 4.22. The largest absolute Gasteiger partial charge is 0.370 e. The summed E-state index contributed by atoms with van der Waals surface area (Å²) in [5.41, 5.74) is 7.58. The van der Waals surface area contributed by atoms with Crippen LogP contribution in [0.2, 0.25) is 0 Å². The maximum atomic E-state index is 10.8. The number of anilines is 1. The molecule has 2 rings (SSSR count). The van der Waals surface area contributed by atoms with Gasteiger partial charge in [0, 0.05) is 36.4 Å². The zero-order valence-electron chi connectivity index (χ0n) is 9.22. The van der Waals surface area contributed by atoms with Crippen LogP contribution in [0.1, 0.15) is 12.0 Å². The molecule has 0 saturated carbocycles. The molecule has 1 saturated heterocycles. The van der Waals surface area contributed by atoms with Crippen molar-refractivity contribution in [1.29, 1.82) is 0 Å². The van der Waals surface area contributed by atoms with Crippen LogP contribution in [0, 0.1) is 17.0 Å².